The first-order valence-electron chi connectivity index (χ1n) is 8.23. The van der Waals surface area contributed by atoms with Crippen LogP contribution in [0, 0.1) is 13.8 Å². The highest BCUT2D eigenvalue weighted by Gasteiger charge is 2.18. The second kappa shape index (κ2) is 6.45. The van der Waals surface area contributed by atoms with Gasteiger partial charge in [0.25, 0.3) is 0 Å². The van der Waals surface area contributed by atoms with E-state index in [4.69, 9.17) is 9.72 Å². The summed E-state index contributed by atoms with van der Waals surface area (Å²) in [5.74, 6) is 2.23. The highest BCUT2D eigenvalue weighted by molar-refractivity contribution is 5.77. The second-order valence-electron chi connectivity index (χ2n) is 6.19. The maximum Gasteiger partial charge on any atom is 0.118 e. The van der Waals surface area contributed by atoms with E-state index in [0.29, 0.717) is 5.92 Å². The van der Waals surface area contributed by atoms with Gasteiger partial charge in [0.1, 0.15) is 11.6 Å². The van der Waals surface area contributed by atoms with Crippen molar-refractivity contribution in [2.75, 3.05) is 7.11 Å². The molecule has 3 nitrogen and oxygen atoms in total. The van der Waals surface area contributed by atoms with Gasteiger partial charge in [0, 0.05) is 5.92 Å². The number of fused-ring (bicyclic) bond motifs is 1. The van der Waals surface area contributed by atoms with E-state index in [9.17, 15) is 0 Å². The van der Waals surface area contributed by atoms with Crippen molar-refractivity contribution in [2.45, 2.75) is 39.5 Å². The molecule has 3 rings (SSSR count). The van der Waals surface area contributed by atoms with Crippen molar-refractivity contribution in [3.05, 3.63) is 58.9 Å². The summed E-state index contributed by atoms with van der Waals surface area (Å²) in [5.41, 5.74) is 6.03. The van der Waals surface area contributed by atoms with Gasteiger partial charge >= 0.3 is 0 Å². The summed E-state index contributed by atoms with van der Waals surface area (Å²) in [6.45, 7) is 6.49. The van der Waals surface area contributed by atoms with Gasteiger partial charge in [0.15, 0.2) is 0 Å². The molecule has 2 aromatic carbocycles. The van der Waals surface area contributed by atoms with Crippen molar-refractivity contribution < 1.29 is 4.74 Å². The third kappa shape index (κ3) is 3.09. The number of aromatic nitrogens is 2. The van der Waals surface area contributed by atoms with E-state index in [2.05, 4.69) is 50.0 Å². The largest absolute Gasteiger partial charge is 0.497 e. The topological polar surface area (TPSA) is 37.9 Å². The highest BCUT2D eigenvalue weighted by Crippen LogP contribution is 2.30. The molecule has 120 valence electrons. The number of imidazole rings is 1. The lowest BCUT2D eigenvalue weighted by Gasteiger charge is -2.14. The normalized spacial score (nSPS) is 12.5. The van der Waals surface area contributed by atoms with Crippen molar-refractivity contribution in [1.82, 2.24) is 9.97 Å². The Bertz CT molecular complexity index is 763. The minimum Gasteiger partial charge on any atom is -0.497 e. The number of methoxy groups -OCH3 is 1. The smallest absolute Gasteiger partial charge is 0.118 e. The second-order valence-corrected chi connectivity index (χ2v) is 6.19. The molecule has 1 aromatic heterocycles. The fourth-order valence-corrected chi connectivity index (χ4v) is 3.04. The van der Waals surface area contributed by atoms with E-state index in [1.807, 2.05) is 12.1 Å². The van der Waals surface area contributed by atoms with Gasteiger partial charge in [-0.3, -0.25) is 0 Å². The SMILES string of the molecule is CCCC(c1ccc(OC)cc1)c1nc2cc(C)c(C)cc2[nH]1. The van der Waals surface area contributed by atoms with Crippen LogP contribution in [0.2, 0.25) is 0 Å². The van der Waals surface area contributed by atoms with E-state index in [1.165, 1.54) is 16.7 Å². The standard InChI is InChI=1S/C20H24N2O/c1-5-6-17(15-7-9-16(23-4)10-8-15)20-21-18-11-13(2)14(3)12-19(18)22-20/h7-12,17H,5-6H2,1-4H3,(H,21,22). The van der Waals surface area contributed by atoms with Crippen LogP contribution >= 0.6 is 0 Å². The molecule has 0 bridgehead atoms. The van der Waals surface area contributed by atoms with Crippen LogP contribution in [0.1, 0.15) is 48.2 Å². The first-order chi connectivity index (χ1) is 11.1. The Morgan fingerprint density at radius 1 is 1.09 bits per heavy atom. The van der Waals surface area contributed by atoms with Gasteiger partial charge in [-0.15, -0.1) is 0 Å². The number of nitrogens with one attached hydrogen (secondary N) is 1. The maximum atomic E-state index is 5.27. The van der Waals surface area contributed by atoms with Crippen LogP contribution in [-0.4, -0.2) is 17.1 Å². The monoisotopic (exact) mass is 308 g/mol. The van der Waals surface area contributed by atoms with Crippen molar-refractivity contribution in [2.24, 2.45) is 0 Å². The summed E-state index contributed by atoms with van der Waals surface area (Å²) >= 11 is 0. The number of aryl methyl sites for hydroxylation is 2. The van der Waals surface area contributed by atoms with E-state index in [0.717, 1.165) is 35.4 Å². The van der Waals surface area contributed by atoms with Gasteiger partial charge in [0.2, 0.25) is 0 Å². The van der Waals surface area contributed by atoms with Crippen LogP contribution in [-0.2, 0) is 0 Å². The average molecular weight is 308 g/mol. The summed E-state index contributed by atoms with van der Waals surface area (Å²) < 4.78 is 5.27. The molecular formula is C20H24N2O. The minimum absolute atomic E-state index is 0.291. The summed E-state index contributed by atoms with van der Waals surface area (Å²) in [4.78, 5) is 8.40. The molecule has 1 unspecified atom stereocenters. The molecule has 0 spiro atoms. The van der Waals surface area contributed by atoms with E-state index in [-0.39, 0.29) is 0 Å². The van der Waals surface area contributed by atoms with Crippen LogP contribution < -0.4 is 4.74 Å². The zero-order valence-electron chi connectivity index (χ0n) is 14.3. The number of nitrogens with zero attached hydrogens (tertiary/aromatic N) is 1. The summed E-state index contributed by atoms with van der Waals surface area (Å²) in [5, 5.41) is 0. The minimum atomic E-state index is 0.291. The highest BCUT2D eigenvalue weighted by atomic mass is 16.5. The number of rotatable bonds is 5. The van der Waals surface area contributed by atoms with E-state index >= 15 is 0 Å². The van der Waals surface area contributed by atoms with Gasteiger partial charge < -0.3 is 9.72 Å². The molecule has 3 heteroatoms. The third-order valence-electron chi connectivity index (χ3n) is 4.54. The Hall–Kier alpha value is -2.29. The molecular weight excluding hydrogens is 284 g/mol. The van der Waals surface area contributed by atoms with Crippen molar-refractivity contribution in [3.63, 3.8) is 0 Å². The Morgan fingerprint density at radius 3 is 2.43 bits per heavy atom. The molecule has 0 amide bonds. The third-order valence-corrected chi connectivity index (χ3v) is 4.54. The van der Waals surface area contributed by atoms with Gasteiger partial charge in [-0.2, -0.15) is 0 Å². The van der Waals surface area contributed by atoms with Gasteiger partial charge in [-0.25, -0.2) is 4.98 Å². The lowest BCUT2D eigenvalue weighted by Crippen LogP contribution is -2.03. The molecule has 1 atom stereocenters. The predicted octanol–water partition coefficient (Wildman–Crippen LogP) is 5.12. The summed E-state index contributed by atoms with van der Waals surface area (Å²) in [6, 6.07) is 12.7. The van der Waals surface area contributed by atoms with Crippen LogP contribution in [0.25, 0.3) is 11.0 Å². The van der Waals surface area contributed by atoms with Gasteiger partial charge in [0.05, 0.1) is 18.1 Å². The fourth-order valence-electron chi connectivity index (χ4n) is 3.04. The molecule has 3 aromatic rings. The van der Waals surface area contributed by atoms with Crippen LogP contribution in [0.4, 0.5) is 0 Å². The molecule has 1 heterocycles. The molecule has 0 aliphatic rings. The van der Waals surface area contributed by atoms with Gasteiger partial charge in [-0.05, 0) is 61.2 Å². The number of ether oxygens (including phenoxy) is 1. The average Bonchev–Trinajstić information content (AvgIpc) is 2.95. The quantitative estimate of drug-likeness (QED) is 0.710. The lowest BCUT2D eigenvalue weighted by molar-refractivity contribution is 0.414. The molecule has 0 saturated carbocycles. The molecule has 0 saturated heterocycles. The number of H-pyrrole nitrogens is 1. The maximum absolute atomic E-state index is 5.27. The molecule has 23 heavy (non-hydrogen) atoms. The molecule has 0 aliphatic carbocycles. The van der Waals surface area contributed by atoms with Crippen LogP contribution in [0.3, 0.4) is 0 Å². The van der Waals surface area contributed by atoms with Crippen LogP contribution in [0.15, 0.2) is 36.4 Å². The lowest BCUT2D eigenvalue weighted by atomic mass is 9.94. The van der Waals surface area contributed by atoms with Crippen molar-refractivity contribution in [1.29, 1.82) is 0 Å². The van der Waals surface area contributed by atoms with E-state index < -0.39 is 0 Å². The number of hydrogen-bond donors (Lipinski definition) is 1. The predicted molar refractivity (Wildman–Crippen MR) is 95.3 cm³/mol. The molecule has 0 aliphatic heterocycles. The summed E-state index contributed by atoms with van der Waals surface area (Å²) in [7, 11) is 1.70. The Labute approximate surface area is 137 Å². The number of hydrogen-bond acceptors (Lipinski definition) is 2. The molecule has 1 N–H and O–H groups in total. The zero-order valence-corrected chi connectivity index (χ0v) is 14.3. The van der Waals surface area contributed by atoms with E-state index in [1.54, 1.807) is 7.11 Å². The van der Waals surface area contributed by atoms with Crippen molar-refractivity contribution >= 4 is 11.0 Å². The zero-order chi connectivity index (χ0) is 16.4. The van der Waals surface area contributed by atoms with Crippen molar-refractivity contribution in [3.8, 4) is 5.75 Å². The van der Waals surface area contributed by atoms with Crippen LogP contribution in [0.5, 0.6) is 5.75 Å². The number of aromatic amines is 1. The Morgan fingerprint density at radius 2 is 1.78 bits per heavy atom. The first kappa shape index (κ1) is 15.6. The number of benzene rings is 2. The Balaban J connectivity index is 2.02. The first-order valence-corrected chi connectivity index (χ1v) is 8.23. The van der Waals surface area contributed by atoms with Gasteiger partial charge in [-0.1, -0.05) is 25.5 Å². The molecule has 0 radical (unpaired) electrons. The Kier molecular flexibility index (Phi) is 4.37. The fraction of sp³-hybridized carbons (Fsp3) is 0.350. The molecule has 0 fully saturated rings. The summed E-state index contributed by atoms with van der Waals surface area (Å²) in [6.07, 6.45) is 2.19.